The minimum Gasteiger partial charge on any atom is -0.353 e. The van der Waals surface area contributed by atoms with Gasteiger partial charge in [0.25, 0.3) is 0 Å². The molecule has 4 heteroatoms. The van der Waals surface area contributed by atoms with E-state index in [0.29, 0.717) is 6.54 Å². The highest BCUT2D eigenvalue weighted by atomic mass is 16.2. The fraction of sp³-hybridized carbons (Fsp3) is 0.533. The lowest BCUT2D eigenvalue weighted by Gasteiger charge is -2.45. The highest BCUT2D eigenvalue weighted by molar-refractivity contribution is 5.79. The first-order valence-corrected chi connectivity index (χ1v) is 7.04. The number of carbonyl (C=O) groups is 1. The van der Waals surface area contributed by atoms with Crippen molar-refractivity contribution in [3.8, 4) is 0 Å². The van der Waals surface area contributed by atoms with Crippen LogP contribution < -0.4 is 10.6 Å². The number of piperidine rings is 1. The van der Waals surface area contributed by atoms with Gasteiger partial charge in [-0.1, -0.05) is 30.3 Å². The first-order chi connectivity index (χ1) is 9.26. The molecular formula is C15H21N3O. The lowest BCUT2D eigenvalue weighted by Crippen LogP contribution is -2.67. The lowest BCUT2D eigenvalue weighted by atomic mass is 9.87. The quantitative estimate of drug-likeness (QED) is 0.823. The van der Waals surface area contributed by atoms with Gasteiger partial charge in [0.1, 0.15) is 0 Å². The van der Waals surface area contributed by atoms with E-state index in [1.54, 1.807) is 0 Å². The Morgan fingerprint density at radius 1 is 1.26 bits per heavy atom. The maximum Gasteiger partial charge on any atom is 0.234 e. The molecule has 0 saturated carbocycles. The Hall–Kier alpha value is -1.39. The van der Waals surface area contributed by atoms with E-state index in [2.05, 4.69) is 45.9 Å². The van der Waals surface area contributed by atoms with Gasteiger partial charge in [-0.25, -0.2) is 0 Å². The Labute approximate surface area is 114 Å². The molecule has 2 saturated heterocycles. The lowest BCUT2D eigenvalue weighted by molar-refractivity contribution is -0.123. The molecule has 2 aliphatic rings. The van der Waals surface area contributed by atoms with E-state index in [1.807, 2.05) is 0 Å². The number of hydrogen-bond donors (Lipinski definition) is 2. The van der Waals surface area contributed by atoms with E-state index in [4.69, 9.17) is 0 Å². The van der Waals surface area contributed by atoms with Gasteiger partial charge in [-0.3, -0.25) is 15.0 Å². The number of likely N-dealkylation sites (tertiary alicyclic amines) is 1. The average Bonchev–Trinajstić information content (AvgIpc) is 2.44. The molecule has 3 rings (SSSR count). The van der Waals surface area contributed by atoms with E-state index in [9.17, 15) is 4.79 Å². The number of amides is 1. The molecule has 0 bridgehead atoms. The molecule has 2 aliphatic heterocycles. The number of carbonyl (C=O) groups excluding carboxylic acids is 1. The van der Waals surface area contributed by atoms with Crippen LogP contribution in [-0.2, 0) is 11.3 Å². The van der Waals surface area contributed by atoms with Crippen molar-refractivity contribution in [3.05, 3.63) is 35.9 Å². The second-order valence-corrected chi connectivity index (χ2v) is 5.71. The maximum atomic E-state index is 11.3. The van der Waals surface area contributed by atoms with Crippen LogP contribution in [0.5, 0.6) is 0 Å². The smallest absolute Gasteiger partial charge is 0.234 e. The Morgan fingerprint density at radius 3 is 2.84 bits per heavy atom. The summed E-state index contributed by atoms with van der Waals surface area (Å²) in [6.07, 6.45) is 2.34. The Kier molecular flexibility index (Phi) is 3.53. The molecule has 1 aromatic carbocycles. The van der Waals surface area contributed by atoms with Crippen LogP contribution in [0.25, 0.3) is 0 Å². The third-order valence-electron chi connectivity index (χ3n) is 4.15. The van der Waals surface area contributed by atoms with Crippen LogP contribution in [0.1, 0.15) is 18.4 Å². The average molecular weight is 259 g/mol. The van der Waals surface area contributed by atoms with E-state index in [1.165, 1.54) is 12.0 Å². The third-order valence-corrected chi connectivity index (χ3v) is 4.15. The zero-order chi connectivity index (χ0) is 13.1. The van der Waals surface area contributed by atoms with Crippen molar-refractivity contribution < 1.29 is 4.79 Å². The SMILES string of the molecule is O=C1CNC2(CCCN(Cc3ccccc3)C2)CN1. The van der Waals surface area contributed by atoms with E-state index < -0.39 is 0 Å². The van der Waals surface area contributed by atoms with Crippen LogP contribution in [0.3, 0.4) is 0 Å². The summed E-state index contributed by atoms with van der Waals surface area (Å²) in [5.74, 6) is 0.116. The number of nitrogens with zero attached hydrogens (tertiary/aromatic N) is 1. The zero-order valence-corrected chi connectivity index (χ0v) is 11.2. The predicted octanol–water partition coefficient (Wildman–Crippen LogP) is 0.741. The largest absolute Gasteiger partial charge is 0.353 e. The summed E-state index contributed by atoms with van der Waals surface area (Å²) in [5, 5.41) is 6.45. The second-order valence-electron chi connectivity index (χ2n) is 5.71. The standard InChI is InChI=1S/C15H21N3O/c19-14-9-17-15(11-16-14)7-4-8-18(12-15)10-13-5-2-1-3-6-13/h1-3,5-6,17H,4,7-12H2,(H,16,19). The minimum absolute atomic E-state index is 0.0843. The molecule has 19 heavy (non-hydrogen) atoms. The van der Waals surface area contributed by atoms with E-state index in [0.717, 1.165) is 32.6 Å². The van der Waals surface area contributed by atoms with Crippen molar-refractivity contribution in [2.75, 3.05) is 26.2 Å². The molecule has 0 aromatic heterocycles. The van der Waals surface area contributed by atoms with Gasteiger partial charge < -0.3 is 5.32 Å². The van der Waals surface area contributed by atoms with Gasteiger partial charge in [-0.15, -0.1) is 0 Å². The minimum atomic E-state index is 0.0843. The van der Waals surface area contributed by atoms with Crippen molar-refractivity contribution in [1.29, 1.82) is 0 Å². The number of rotatable bonds is 2. The van der Waals surface area contributed by atoms with Gasteiger partial charge >= 0.3 is 0 Å². The number of benzene rings is 1. The van der Waals surface area contributed by atoms with Crippen LogP contribution >= 0.6 is 0 Å². The topological polar surface area (TPSA) is 44.4 Å². The highest BCUT2D eigenvalue weighted by Crippen LogP contribution is 2.23. The molecular weight excluding hydrogens is 238 g/mol. The Bertz CT molecular complexity index is 436. The first-order valence-electron chi connectivity index (χ1n) is 7.04. The second kappa shape index (κ2) is 5.31. The molecule has 102 valence electrons. The number of hydrogen-bond acceptors (Lipinski definition) is 3. The van der Waals surface area contributed by atoms with Gasteiger partial charge in [0.2, 0.25) is 5.91 Å². The van der Waals surface area contributed by atoms with Crippen LogP contribution in [-0.4, -0.2) is 42.5 Å². The molecule has 1 unspecified atom stereocenters. The normalized spacial score (nSPS) is 28.3. The first kappa shape index (κ1) is 12.6. The fourth-order valence-electron chi connectivity index (χ4n) is 3.15. The summed E-state index contributed by atoms with van der Waals surface area (Å²) in [4.78, 5) is 13.8. The molecule has 1 spiro atoms. The van der Waals surface area contributed by atoms with Gasteiger partial charge in [0, 0.05) is 25.2 Å². The molecule has 2 N–H and O–H groups in total. The van der Waals surface area contributed by atoms with Gasteiger partial charge in [0.15, 0.2) is 0 Å². The van der Waals surface area contributed by atoms with Gasteiger partial charge in [-0.05, 0) is 24.9 Å². The predicted molar refractivity (Wildman–Crippen MR) is 74.7 cm³/mol. The van der Waals surface area contributed by atoms with Crippen molar-refractivity contribution >= 4 is 5.91 Å². The number of piperazine rings is 1. The maximum absolute atomic E-state index is 11.3. The van der Waals surface area contributed by atoms with E-state index in [-0.39, 0.29) is 11.4 Å². The number of nitrogens with one attached hydrogen (secondary N) is 2. The van der Waals surface area contributed by atoms with Crippen molar-refractivity contribution in [2.24, 2.45) is 0 Å². The van der Waals surface area contributed by atoms with Crippen LogP contribution in [0.4, 0.5) is 0 Å². The molecule has 2 heterocycles. The Balaban J connectivity index is 1.63. The van der Waals surface area contributed by atoms with Gasteiger partial charge in [-0.2, -0.15) is 0 Å². The van der Waals surface area contributed by atoms with Gasteiger partial charge in [0.05, 0.1) is 6.54 Å². The zero-order valence-electron chi connectivity index (χ0n) is 11.2. The van der Waals surface area contributed by atoms with Crippen molar-refractivity contribution in [1.82, 2.24) is 15.5 Å². The molecule has 1 aromatic rings. The van der Waals surface area contributed by atoms with Crippen LogP contribution in [0, 0.1) is 0 Å². The molecule has 2 fully saturated rings. The monoisotopic (exact) mass is 259 g/mol. The van der Waals surface area contributed by atoms with Crippen LogP contribution in [0.2, 0.25) is 0 Å². The highest BCUT2D eigenvalue weighted by Gasteiger charge is 2.37. The van der Waals surface area contributed by atoms with Crippen molar-refractivity contribution in [3.63, 3.8) is 0 Å². The van der Waals surface area contributed by atoms with Crippen LogP contribution in [0.15, 0.2) is 30.3 Å². The summed E-state index contributed by atoms with van der Waals surface area (Å²) in [7, 11) is 0. The summed E-state index contributed by atoms with van der Waals surface area (Å²) in [6.45, 7) is 4.38. The molecule has 4 nitrogen and oxygen atoms in total. The summed E-state index contributed by atoms with van der Waals surface area (Å²) in [5.41, 5.74) is 1.44. The third kappa shape index (κ3) is 2.96. The summed E-state index contributed by atoms with van der Waals surface area (Å²) in [6, 6.07) is 10.6. The molecule has 1 amide bonds. The summed E-state index contributed by atoms with van der Waals surface area (Å²) < 4.78 is 0. The summed E-state index contributed by atoms with van der Waals surface area (Å²) >= 11 is 0. The molecule has 1 atom stereocenters. The van der Waals surface area contributed by atoms with E-state index >= 15 is 0 Å². The van der Waals surface area contributed by atoms with Crippen molar-refractivity contribution in [2.45, 2.75) is 24.9 Å². The fourth-order valence-corrected chi connectivity index (χ4v) is 3.15. The molecule has 0 radical (unpaired) electrons. The Morgan fingerprint density at radius 2 is 2.11 bits per heavy atom. The molecule has 0 aliphatic carbocycles.